The van der Waals surface area contributed by atoms with Crippen LogP contribution in [-0.2, 0) is 19.3 Å². The molecule has 1 aliphatic carbocycles. The normalized spacial score (nSPS) is 15.8. The minimum atomic E-state index is -0.451. The van der Waals surface area contributed by atoms with Crippen molar-refractivity contribution in [2.45, 2.75) is 58.2 Å². The second kappa shape index (κ2) is 10.1. The fourth-order valence-corrected chi connectivity index (χ4v) is 5.08. The fourth-order valence-electron chi connectivity index (χ4n) is 5.08. The lowest BCUT2D eigenvalue weighted by Gasteiger charge is -2.14. The molecule has 35 heavy (non-hydrogen) atoms. The summed E-state index contributed by atoms with van der Waals surface area (Å²) in [6.07, 6.45) is 7.29. The Balaban J connectivity index is 1.22. The van der Waals surface area contributed by atoms with E-state index in [9.17, 15) is 10.2 Å². The molecule has 0 saturated carbocycles. The molecule has 182 valence electrons. The first kappa shape index (κ1) is 23.4. The number of fused-ring (bicyclic) bond motifs is 2. The number of benzene rings is 2. The molecule has 5 rings (SSSR count). The first-order valence-electron chi connectivity index (χ1n) is 12.5. The summed E-state index contributed by atoms with van der Waals surface area (Å²) >= 11 is 0. The molecule has 2 unspecified atom stereocenters. The number of aliphatic hydroxyl groups is 2. The number of H-pyrrole nitrogens is 1. The van der Waals surface area contributed by atoms with Gasteiger partial charge in [0.1, 0.15) is 0 Å². The third-order valence-electron chi connectivity index (χ3n) is 7.01. The van der Waals surface area contributed by atoms with Crippen molar-refractivity contribution in [1.82, 2.24) is 9.97 Å². The summed E-state index contributed by atoms with van der Waals surface area (Å²) in [6.45, 7) is 4.80. The summed E-state index contributed by atoms with van der Waals surface area (Å²) in [4.78, 5) is 7.81. The van der Waals surface area contributed by atoms with Crippen molar-refractivity contribution in [3.05, 3.63) is 82.8 Å². The fraction of sp³-hybridized carbons (Fsp3) is 0.345. The molecular formula is C29H34N4O2. The zero-order chi connectivity index (χ0) is 24.4. The lowest BCUT2D eigenvalue weighted by molar-refractivity contribution is 0.176. The van der Waals surface area contributed by atoms with E-state index in [4.69, 9.17) is 0 Å². The Hall–Kier alpha value is -3.35. The Kier molecular flexibility index (Phi) is 6.75. The Morgan fingerprint density at radius 1 is 1.11 bits per heavy atom. The van der Waals surface area contributed by atoms with Gasteiger partial charge >= 0.3 is 0 Å². The lowest BCUT2D eigenvalue weighted by atomic mass is 10.0. The van der Waals surface area contributed by atoms with Gasteiger partial charge in [-0.1, -0.05) is 18.2 Å². The second-order valence-electron chi connectivity index (χ2n) is 9.65. The van der Waals surface area contributed by atoms with Crippen LogP contribution in [0.25, 0.3) is 10.9 Å². The molecule has 6 nitrogen and oxygen atoms in total. The maximum absolute atomic E-state index is 10.1. The molecule has 0 spiro atoms. The number of nitrogens with zero attached hydrogens (tertiary/aromatic N) is 1. The number of hydrogen-bond acceptors (Lipinski definition) is 5. The summed E-state index contributed by atoms with van der Waals surface area (Å²) in [5.74, 6) is 0. The van der Waals surface area contributed by atoms with Crippen molar-refractivity contribution in [3.8, 4) is 0 Å². The predicted molar refractivity (Wildman–Crippen MR) is 142 cm³/mol. The quantitative estimate of drug-likeness (QED) is 0.221. The minimum absolute atomic E-state index is 0.285. The number of aromatic amines is 1. The highest BCUT2D eigenvalue weighted by atomic mass is 16.3. The molecular weight excluding hydrogens is 436 g/mol. The molecule has 2 aromatic carbocycles. The summed E-state index contributed by atoms with van der Waals surface area (Å²) in [5.41, 5.74) is 10.0. The van der Waals surface area contributed by atoms with Gasteiger partial charge in [0.2, 0.25) is 0 Å². The van der Waals surface area contributed by atoms with Crippen LogP contribution in [0.15, 0.2) is 54.9 Å². The third-order valence-corrected chi connectivity index (χ3v) is 7.01. The molecule has 2 atom stereocenters. The second-order valence-corrected chi connectivity index (χ2v) is 9.65. The minimum Gasteiger partial charge on any atom is -0.393 e. The van der Waals surface area contributed by atoms with E-state index in [-0.39, 0.29) is 6.10 Å². The summed E-state index contributed by atoms with van der Waals surface area (Å²) < 4.78 is 0. The van der Waals surface area contributed by atoms with Gasteiger partial charge in [0.05, 0.1) is 17.9 Å². The van der Waals surface area contributed by atoms with Crippen LogP contribution in [0, 0.1) is 6.92 Å². The van der Waals surface area contributed by atoms with Crippen molar-refractivity contribution >= 4 is 28.0 Å². The molecule has 4 aromatic rings. The first-order chi connectivity index (χ1) is 17.0. The van der Waals surface area contributed by atoms with Crippen LogP contribution in [0.4, 0.5) is 17.1 Å². The Morgan fingerprint density at radius 2 is 2.00 bits per heavy atom. The van der Waals surface area contributed by atoms with Crippen LogP contribution < -0.4 is 10.6 Å². The molecule has 0 aliphatic heterocycles. The maximum Gasteiger partial charge on any atom is 0.0966 e. The molecule has 0 saturated heterocycles. The van der Waals surface area contributed by atoms with Gasteiger partial charge in [0.15, 0.2) is 0 Å². The van der Waals surface area contributed by atoms with Crippen LogP contribution in [0.5, 0.6) is 0 Å². The van der Waals surface area contributed by atoms with Crippen LogP contribution >= 0.6 is 0 Å². The molecule has 1 aliphatic rings. The largest absolute Gasteiger partial charge is 0.393 e. The van der Waals surface area contributed by atoms with Crippen LogP contribution in [0.2, 0.25) is 0 Å². The van der Waals surface area contributed by atoms with Gasteiger partial charge in [-0.3, -0.25) is 4.98 Å². The summed E-state index contributed by atoms with van der Waals surface area (Å²) in [6, 6.07) is 14.8. The van der Waals surface area contributed by atoms with Gasteiger partial charge in [0.25, 0.3) is 0 Å². The SMILES string of the molecule is Cc1cc(Nc2ccnc3c2CCC3O)ccc1NCCc1c[nH]c2c(CCC(C)O)cccc12. The standard InChI is InChI=1S/C29H34N4O2/c1-18-16-22(33-26-13-15-31-29-24(26)9-11-27(29)35)8-10-25(18)30-14-12-21-17-32-28-20(7-6-19(2)34)4-3-5-23(21)28/h3-5,8,10,13,15-17,19,27,30,32,34-35H,6-7,9,11-12,14H2,1-2H3,(H,31,33). The highest BCUT2D eigenvalue weighted by Crippen LogP contribution is 2.35. The number of para-hydroxylation sites is 1. The summed E-state index contributed by atoms with van der Waals surface area (Å²) in [7, 11) is 0. The number of anilines is 3. The number of rotatable bonds is 9. The number of aromatic nitrogens is 2. The van der Waals surface area contributed by atoms with E-state index >= 15 is 0 Å². The number of nitrogens with one attached hydrogen (secondary N) is 3. The Bertz CT molecular complexity index is 1330. The number of hydrogen-bond donors (Lipinski definition) is 5. The monoisotopic (exact) mass is 470 g/mol. The molecule has 0 bridgehead atoms. The maximum atomic E-state index is 10.1. The van der Waals surface area contributed by atoms with Crippen LogP contribution in [0.1, 0.15) is 53.8 Å². The molecule has 5 N–H and O–H groups in total. The molecule has 0 radical (unpaired) electrons. The van der Waals surface area contributed by atoms with Crippen LogP contribution in [0.3, 0.4) is 0 Å². The van der Waals surface area contributed by atoms with Crippen molar-refractivity contribution < 1.29 is 10.2 Å². The van der Waals surface area contributed by atoms with Crippen molar-refractivity contribution in [2.24, 2.45) is 0 Å². The average Bonchev–Trinajstić information content (AvgIpc) is 3.44. The van der Waals surface area contributed by atoms with Gasteiger partial charge < -0.3 is 25.8 Å². The van der Waals surface area contributed by atoms with Crippen molar-refractivity contribution in [3.63, 3.8) is 0 Å². The zero-order valence-electron chi connectivity index (χ0n) is 20.4. The van der Waals surface area contributed by atoms with Gasteiger partial charge in [-0.2, -0.15) is 0 Å². The highest BCUT2D eigenvalue weighted by molar-refractivity contribution is 5.86. The van der Waals surface area contributed by atoms with Crippen LogP contribution in [-0.4, -0.2) is 32.8 Å². The Labute approximate surface area is 206 Å². The molecule has 2 aromatic heterocycles. The number of aryl methyl sites for hydroxylation is 2. The molecule has 2 heterocycles. The van der Waals surface area contributed by atoms with Crippen molar-refractivity contribution in [2.75, 3.05) is 17.2 Å². The van der Waals surface area contributed by atoms with E-state index in [0.717, 1.165) is 67.0 Å². The topological polar surface area (TPSA) is 93.2 Å². The van der Waals surface area contributed by atoms with E-state index < -0.39 is 6.10 Å². The smallest absolute Gasteiger partial charge is 0.0966 e. The first-order valence-corrected chi connectivity index (χ1v) is 12.5. The van der Waals surface area contributed by atoms with Gasteiger partial charge in [0, 0.05) is 46.9 Å². The van der Waals surface area contributed by atoms with E-state index in [1.165, 1.54) is 27.6 Å². The Morgan fingerprint density at radius 3 is 2.83 bits per heavy atom. The van der Waals surface area contributed by atoms with Crippen molar-refractivity contribution in [1.29, 1.82) is 0 Å². The zero-order valence-corrected chi connectivity index (χ0v) is 20.4. The molecule has 0 fully saturated rings. The van der Waals surface area contributed by atoms with Gasteiger partial charge in [-0.25, -0.2) is 0 Å². The molecule has 0 amide bonds. The van der Waals surface area contributed by atoms with Gasteiger partial charge in [-0.05, 0) is 92.5 Å². The number of aliphatic hydroxyl groups excluding tert-OH is 2. The van der Waals surface area contributed by atoms with E-state index in [1.54, 1.807) is 6.20 Å². The lowest BCUT2D eigenvalue weighted by Crippen LogP contribution is -2.06. The highest BCUT2D eigenvalue weighted by Gasteiger charge is 2.24. The number of pyridine rings is 1. The van der Waals surface area contributed by atoms with Gasteiger partial charge in [-0.15, -0.1) is 0 Å². The predicted octanol–water partition coefficient (Wildman–Crippen LogP) is 5.56. The van der Waals surface area contributed by atoms with E-state index in [2.05, 4.69) is 70.1 Å². The van der Waals surface area contributed by atoms with E-state index in [0.29, 0.717) is 0 Å². The molecule has 6 heteroatoms. The third kappa shape index (κ3) is 5.04. The summed E-state index contributed by atoms with van der Waals surface area (Å²) in [5, 5.41) is 28.1. The van der Waals surface area contributed by atoms with E-state index in [1.807, 2.05) is 13.0 Å². The average molecular weight is 471 g/mol.